The Morgan fingerprint density at radius 1 is 1.31 bits per heavy atom. The van der Waals surface area contributed by atoms with Gasteiger partial charge in [0.1, 0.15) is 17.7 Å². The molecule has 3 N–H and O–H groups in total. The SMILES string of the molecule is N#Cc1cccc2c(-c3cccc(F)c3)cnc(NC(CO)C(=O)O)c12. The van der Waals surface area contributed by atoms with E-state index in [1.165, 1.54) is 18.3 Å². The minimum atomic E-state index is -1.27. The molecular formula is C19H14FN3O3. The minimum absolute atomic E-state index is 0.166. The van der Waals surface area contributed by atoms with Crippen LogP contribution in [0.25, 0.3) is 21.9 Å². The number of halogens is 1. The highest BCUT2D eigenvalue weighted by Crippen LogP contribution is 2.34. The summed E-state index contributed by atoms with van der Waals surface area (Å²) in [5.74, 6) is -1.48. The number of nitrogens with zero attached hydrogens (tertiary/aromatic N) is 2. The van der Waals surface area contributed by atoms with Gasteiger partial charge in [0.15, 0.2) is 0 Å². The molecule has 0 radical (unpaired) electrons. The third kappa shape index (κ3) is 3.18. The van der Waals surface area contributed by atoms with E-state index in [4.69, 9.17) is 5.11 Å². The zero-order chi connectivity index (χ0) is 18.7. The molecule has 0 spiro atoms. The van der Waals surface area contributed by atoms with Gasteiger partial charge in [0.2, 0.25) is 0 Å². The van der Waals surface area contributed by atoms with E-state index in [-0.39, 0.29) is 11.4 Å². The van der Waals surface area contributed by atoms with E-state index >= 15 is 0 Å². The number of nitriles is 1. The molecule has 0 amide bonds. The number of aromatic nitrogens is 1. The van der Waals surface area contributed by atoms with Crippen LogP contribution in [0.2, 0.25) is 0 Å². The van der Waals surface area contributed by atoms with Crippen molar-refractivity contribution in [2.45, 2.75) is 6.04 Å². The average molecular weight is 351 g/mol. The standard InChI is InChI=1S/C19H14FN3O3/c20-13-5-1-3-11(7-13)15-9-22-18(23-16(10-24)19(25)26)17-12(8-21)4-2-6-14(15)17/h1-7,9,16,24H,10H2,(H,22,23)(H,25,26). The molecule has 6 nitrogen and oxygen atoms in total. The Bertz CT molecular complexity index is 1030. The number of carbonyl (C=O) groups is 1. The molecule has 2 aromatic carbocycles. The number of aliphatic hydroxyl groups excluding tert-OH is 1. The molecule has 3 aromatic rings. The third-order valence-electron chi connectivity index (χ3n) is 3.96. The summed E-state index contributed by atoms with van der Waals surface area (Å²) in [7, 11) is 0. The average Bonchev–Trinajstić information content (AvgIpc) is 2.65. The second kappa shape index (κ2) is 7.17. The van der Waals surface area contributed by atoms with Crippen molar-refractivity contribution in [1.29, 1.82) is 5.26 Å². The largest absolute Gasteiger partial charge is 0.480 e. The Labute approximate surface area is 148 Å². The van der Waals surface area contributed by atoms with Gasteiger partial charge in [-0.1, -0.05) is 24.3 Å². The first-order chi connectivity index (χ1) is 12.5. The summed E-state index contributed by atoms with van der Waals surface area (Å²) in [6.07, 6.45) is 1.48. The van der Waals surface area contributed by atoms with Crippen LogP contribution in [-0.4, -0.2) is 33.8 Å². The minimum Gasteiger partial charge on any atom is -0.480 e. The highest BCUT2D eigenvalue weighted by atomic mass is 19.1. The Morgan fingerprint density at radius 2 is 2.08 bits per heavy atom. The summed E-state index contributed by atoms with van der Waals surface area (Å²) in [5.41, 5.74) is 1.48. The van der Waals surface area contributed by atoms with Crippen molar-refractivity contribution in [2.75, 3.05) is 11.9 Å². The Kier molecular flexibility index (Phi) is 4.78. The van der Waals surface area contributed by atoms with Gasteiger partial charge < -0.3 is 15.5 Å². The van der Waals surface area contributed by atoms with Gasteiger partial charge in [0.25, 0.3) is 0 Å². The lowest BCUT2D eigenvalue weighted by Gasteiger charge is -2.16. The maximum atomic E-state index is 13.6. The second-order valence-electron chi connectivity index (χ2n) is 5.59. The van der Waals surface area contributed by atoms with E-state index < -0.39 is 24.4 Å². The molecule has 1 aromatic heterocycles. The van der Waals surface area contributed by atoms with E-state index in [0.29, 0.717) is 21.9 Å². The van der Waals surface area contributed by atoms with Crippen LogP contribution in [0, 0.1) is 17.1 Å². The van der Waals surface area contributed by atoms with Crippen LogP contribution in [0.5, 0.6) is 0 Å². The number of rotatable bonds is 5. The summed E-state index contributed by atoms with van der Waals surface area (Å²) in [6, 6.07) is 11.8. The molecule has 130 valence electrons. The van der Waals surface area contributed by atoms with Gasteiger partial charge in [0.05, 0.1) is 18.2 Å². The molecule has 7 heteroatoms. The highest BCUT2D eigenvalue weighted by Gasteiger charge is 2.20. The number of aliphatic carboxylic acids is 1. The van der Waals surface area contributed by atoms with Crippen LogP contribution in [0.3, 0.4) is 0 Å². The topological polar surface area (TPSA) is 106 Å². The van der Waals surface area contributed by atoms with Crippen molar-refractivity contribution in [1.82, 2.24) is 4.98 Å². The monoisotopic (exact) mass is 351 g/mol. The van der Waals surface area contributed by atoms with Gasteiger partial charge in [-0.05, 0) is 29.1 Å². The molecule has 26 heavy (non-hydrogen) atoms. The quantitative estimate of drug-likeness (QED) is 0.653. The molecular weight excluding hydrogens is 337 g/mol. The molecule has 1 heterocycles. The van der Waals surface area contributed by atoms with E-state index in [1.807, 2.05) is 0 Å². The molecule has 0 aliphatic rings. The number of benzene rings is 2. The van der Waals surface area contributed by atoms with Gasteiger partial charge in [-0.15, -0.1) is 0 Å². The molecule has 0 saturated carbocycles. The Balaban J connectivity index is 2.25. The molecule has 0 bridgehead atoms. The van der Waals surface area contributed by atoms with E-state index in [2.05, 4.69) is 16.4 Å². The van der Waals surface area contributed by atoms with Crippen LogP contribution in [0.15, 0.2) is 48.7 Å². The number of carboxylic acids is 1. The maximum Gasteiger partial charge on any atom is 0.328 e. The molecule has 0 saturated heterocycles. The van der Waals surface area contributed by atoms with Crippen molar-refractivity contribution >= 4 is 22.6 Å². The first-order valence-corrected chi connectivity index (χ1v) is 7.73. The van der Waals surface area contributed by atoms with Crippen molar-refractivity contribution in [3.63, 3.8) is 0 Å². The summed E-state index contributed by atoms with van der Waals surface area (Å²) in [5, 5.41) is 31.5. The third-order valence-corrected chi connectivity index (χ3v) is 3.96. The molecule has 0 aliphatic heterocycles. The maximum absolute atomic E-state index is 13.6. The van der Waals surface area contributed by atoms with Crippen LogP contribution < -0.4 is 5.32 Å². The summed E-state index contributed by atoms with van der Waals surface area (Å²) >= 11 is 0. The fourth-order valence-electron chi connectivity index (χ4n) is 2.73. The van der Waals surface area contributed by atoms with Gasteiger partial charge in [-0.2, -0.15) is 5.26 Å². The number of pyridine rings is 1. The van der Waals surface area contributed by atoms with Crippen molar-refractivity contribution < 1.29 is 19.4 Å². The van der Waals surface area contributed by atoms with Gasteiger partial charge in [0, 0.05) is 17.1 Å². The number of hydrogen-bond acceptors (Lipinski definition) is 5. The summed E-state index contributed by atoms with van der Waals surface area (Å²) < 4.78 is 13.6. The van der Waals surface area contributed by atoms with Crippen molar-refractivity contribution in [3.05, 3.63) is 60.0 Å². The van der Waals surface area contributed by atoms with E-state index in [9.17, 15) is 19.6 Å². The lowest BCUT2D eigenvalue weighted by Crippen LogP contribution is -2.33. The van der Waals surface area contributed by atoms with E-state index in [0.717, 1.165) is 0 Å². The first-order valence-electron chi connectivity index (χ1n) is 7.73. The van der Waals surface area contributed by atoms with Gasteiger partial charge >= 0.3 is 5.97 Å². The van der Waals surface area contributed by atoms with Crippen LogP contribution in [0.4, 0.5) is 10.2 Å². The number of carboxylic acid groups (broad SMARTS) is 1. The lowest BCUT2D eigenvalue weighted by molar-refractivity contribution is -0.138. The predicted molar refractivity (Wildman–Crippen MR) is 94.0 cm³/mol. The lowest BCUT2D eigenvalue weighted by atomic mass is 9.97. The fraction of sp³-hybridized carbons (Fsp3) is 0.105. The smallest absolute Gasteiger partial charge is 0.328 e. The second-order valence-corrected chi connectivity index (χ2v) is 5.59. The fourth-order valence-corrected chi connectivity index (χ4v) is 2.73. The summed E-state index contributed by atoms with van der Waals surface area (Å²) in [4.78, 5) is 15.4. The molecule has 0 aliphatic carbocycles. The molecule has 0 fully saturated rings. The zero-order valence-corrected chi connectivity index (χ0v) is 13.5. The predicted octanol–water partition coefficient (Wildman–Crippen LogP) is 2.77. The zero-order valence-electron chi connectivity index (χ0n) is 13.5. The normalized spacial score (nSPS) is 11.7. The molecule has 1 atom stereocenters. The Morgan fingerprint density at radius 3 is 2.73 bits per heavy atom. The van der Waals surface area contributed by atoms with Crippen molar-refractivity contribution in [3.8, 4) is 17.2 Å². The first kappa shape index (κ1) is 17.3. The number of fused-ring (bicyclic) bond motifs is 1. The highest BCUT2D eigenvalue weighted by molar-refractivity contribution is 6.05. The number of nitrogens with one attached hydrogen (secondary N) is 1. The van der Waals surface area contributed by atoms with Gasteiger partial charge in [-0.3, -0.25) is 0 Å². The molecule has 1 unspecified atom stereocenters. The summed E-state index contributed by atoms with van der Waals surface area (Å²) in [6.45, 7) is -0.640. The Hall–Kier alpha value is -3.50. The number of anilines is 1. The van der Waals surface area contributed by atoms with Crippen LogP contribution >= 0.6 is 0 Å². The molecule has 3 rings (SSSR count). The van der Waals surface area contributed by atoms with Crippen LogP contribution in [0.1, 0.15) is 5.56 Å². The van der Waals surface area contributed by atoms with E-state index in [1.54, 1.807) is 30.3 Å². The van der Waals surface area contributed by atoms with Gasteiger partial charge in [-0.25, -0.2) is 14.2 Å². The number of hydrogen-bond donors (Lipinski definition) is 3. The number of aliphatic hydroxyl groups is 1. The van der Waals surface area contributed by atoms with Crippen molar-refractivity contribution in [2.24, 2.45) is 0 Å². The van der Waals surface area contributed by atoms with Crippen LogP contribution in [-0.2, 0) is 4.79 Å².